The molecule has 1 aromatic carbocycles. The third-order valence-corrected chi connectivity index (χ3v) is 6.18. The summed E-state index contributed by atoms with van der Waals surface area (Å²) in [7, 11) is -4.25. The van der Waals surface area contributed by atoms with Gasteiger partial charge in [0.15, 0.2) is 0 Å². The van der Waals surface area contributed by atoms with Crippen molar-refractivity contribution in [1.29, 1.82) is 0 Å². The van der Waals surface area contributed by atoms with E-state index in [2.05, 4.69) is 39.4 Å². The van der Waals surface area contributed by atoms with Gasteiger partial charge in [0, 0.05) is 25.7 Å². The Balaban J connectivity index is 1.99. The van der Waals surface area contributed by atoms with Crippen molar-refractivity contribution in [2.24, 2.45) is 5.92 Å². The number of β-amino-alcohol motifs (C(OH)–C–C–N with tert-alkyl or cyclic N) is 1. The first-order chi connectivity index (χ1) is 11.1. The first kappa shape index (κ1) is 19.7. The number of nitrogens with zero attached hydrogens (tertiary/aromatic N) is 1. The van der Waals surface area contributed by atoms with Crippen LogP contribution < -0.4 is 4.72 Å². The summed E-state index contributed by atoms with van der Waals surface area (Å²) in [5, 5.41) is 10.0. The summed E-state index contributed by atoms with van der Waals surface area (Å²) in [6.45, 7) is 5.08. The van der Waals surface area contributed by atoms with Crippen molar-refractivity contribution in [3.63, 3.8) is 0 Å². The largest absolute Gasteiger partial charge is 0.390 e. The molecule has 0 radical (unpaired) electrons. The fourth-order valence-electron chi connectivity index (χ4n) is 2.97. The first-order valence-corrected chi connectivity index (χ1v) is 9.94. The number of hydrogen-bond acceptors (Lipinski definition) is 4. The third kappa shape index (κ3) is 4.72. The second-order valence-corrected chi connectivity index (χ2v) is 8.94. The smallest absolute Gasteiger partial charge is 0.243 e. The molecule has 136 valence electrons. The Labute approximate surface area is 149 Å². The van der Waals surface area contributed by atoms with E-state index in [-0.39, 0.29) is 11.0 Å². The van der Waals surface area contributed by atoms with Gasteiger partial charge in [0.1, 0.15) is 16.5 Å². The Morgan fingerprint density at radius 2 is 2.04 bits per heavy atom. The van der Waals surface area contributed by atoms with Gasteiger partial charge in [0.05, 0.1) is 10.6 Å². The molecule has 0 bridgehead atoms. The number of halogens is 3. The van der Waals surface area contributed by atoms with Crippen LogP contribution in [-0.4, -0.2) is 50.2 Å². The second-order valence-electron chi connectivity index (χ2n) is 6.35. The quantitative estimate of drug-likeness (QED) is 0.683. The molecular weight excluding hydrogens is 406 g/mol. The van der Waals surface area contributed by atoms with Crippen LogP contribution in [0, 0.1) is 17.6 Å². The van der Waals surface area contributed by atoms with Crippen LogP contribution in [0.3, 0.4) is 0 Å². The molecule has 1 aliphatic heterocycles. The second kappa shape index (κ2) is 7.74. The van der Waals surface area contributed by atoms with E-state index in [9.17, 15) is 22.3 Å². The van der Waals surface area contributed by atoms with Crippen molar-refractivity contribution in [3.8, 4) is 0 Å². The highest BCUT2D eigenvalue weighted by molar-refractivity contribution is 9.10. The van der Waals surface area contributed by atoms with Gasteiger partial charge >= 0.3 is 0 Å². The van der Waals surface area contributed by atoms with E-state index in [1.54, 1.807) is 0 Å². The average molecular weight is 427 g/mol. The lowest BCUT2D eigenvalue weighted by Crippen LogP contribution is -2.41. The lowest BCUT2D eigenvalue weighted by atomic mass is 10.1. The standard InChI is InChI=1S/C15H21BrF2N2O3S/c1-9-3-10(2)20(7-9)8-11(21)6-19-24(22,23)15-5-13(17)12(16)4-14(15)18/h4-5,9-11,19,21H,3,6-8H2,1-2H3. The molecule has 1 fully saturated rings. The molecule has 1 saturated heterocycles. The Morgan fingerprint density at radius 1 is 1.38 bits per heavy atom. The molecule has 0 saturated carbocycles. The highest BCUT2D eigenvalue weighted by Gasteiger charge is 2.28. The van der Waals surface area contributed by atoms with Crippen molar-refractivity contribution in [2.75, 3.05) is 19.6 Å². The molecule has 0 spiro atoms. The summed E-state index contributed by atoms with van der Waals surface area (Å²) in [5.41, 5.74) is 0. The topological polar surface area (TPSA) is 69.6 Å². The van der Waals surface area contributed by atoms with Crippen molar-refractivity contribution in [2.45, 2.75) is 37.3 Å². The maximum Gasteiger partial charge on any atom is 0.243 e. The Hall–Kier alpha value is -0.610. The Morgan fingerprint density at radius 3 is 2.62 bits per heavy atom. The SMILES string of the molecule is CC1CC(C)N(CC(O)CNS(=O)(=O)c2cc(F)c(Br)cc2F)C1. The molecule has 1 aromatic rings. The van der Waals surface area contributed by atoms with Crippen LogP contribution in [0.2, 0.25) is 0 Å². The van der Waals surface area contributed by atoms with E-state index in [0.717, 1.165) is 19.0 Å². The van der Waals surface area contributed by atoms with Crippen LogP contribution in [-0.2, 0) is 10.0 Å². The monoisotopic (exact) mass is 426 g/mol. The summed E-state index contributed by atoms with van der Waals surface area (Å²) < 4.78 is 53.5. The molecule has 1 heterocycles. The zero-order valence-electron chi connectivity index (χ0n) is 13.5. The predicted octanol–water partition coefficient (Wildman–Crippen LogP) is 2.10. The van der Waals surface area contributed by atoms with Gasteiger partial charge in [-0.1, -0.05) is 6.92 Å². The van der Waals surface area contributed by atoms with Crippen molar-refractivity contribution in [3.05, 3.63) is 28.2 Å². The van der Waals surface area contributed by atoms with Crippen LogP contribution in [0.1, 0.15) is 20.3 Å². The number of benzene rings is 1. The zero-order valence-corrected chi connectivity index (χ0v) is 15.9. The van der Waals surface area contributed by atoms with Gasteiger partial charge < -0.3 is 5.11 Å². The maximum absolute atomic E-state index is 13.8. The summed E-state index contributed by atoms with van der Waals surface area (Å²) >= 11 is 2.79. The number of sulfonamides is 1. The lowest BCUT2D eigenvalue weighted by molar-refractivity contribution is 0.111. The number of nitrogens with one attached hydrogen (secondary N) is 1. The molecule has 0 amide bonds. The molecule has 3 atom stereocenters. The van der Waals surface area contributed by atoms with Crippen molar-refractivity contribution in [1.82, 2.24) is 9.62 Å². The van der Waals surface area contributed by atoms with E-state index in [4.69, 9.17) is 0 Å². The van der Waals surface area contributed by atoms with Crippen LogP contribution >= 0.6 is 15.9 Å². The molecule has 2 N–H and O–H groups in total. The zero-order chi connectivity index (χ0) is 18.1. The number of aliphatic hydroxyl groups excluding tert-OH is 1. The summed E-state index contributed by atoms with van der Waals surface area (Å²) in [6.07, 6.45) is 0.0952. The number of rotatable bonds is 6. The Bertz CT molecular complexity index is 702. The molecule has 3 unspecified atom stereocenters. The fraction of sp³-hybridized carbons (Fsp3) is 0.600. The molecule has 0 aliphatic carbocycles. The van der Waals surface area contributed by atoms with Crippen LogP contribution in [0.4, 0.5) is 8.78 Å². The van der Waals surface area contributed by atoms with Crippen LogP contribution in [0.5, 0.6) is 0 Å². The van der Waals surface area contributed by atoms with E-state index in [0.29, 0.717) is 24.6 Å². The summed E-state index contributed by atoms with van der Waals surface area (Å²) in [4.78, 5) is 1.31. The van der Waals surface area contributed by atoms with Gasteiger partial charge in [-0.25, -0.2) is 21.9 Å². The molecule has 2 rings (SSSR count). The van der Waals surface area contributed by atoms with Crippen molar-refractivity contribution < 1.29 is 22.3 Å². The van der Waals surface area contributed by atoms with Gasteiger partial charge in [-0.2, -0.15) is 0 Å². The van der Waals surface area contributed by atoms with Gasteiger partial charge in [-0.15, -0.1) is 0 Å². The van der Waals surface area contributed by atoms with Crippen molar-refractivity contribution >= 4 is 26.0 Å². The third-order valence-electron chi connectivity index (χ3n) is 4.13. The molecule has 24 heavy (non-hydrogen) atoms. The van der Waals surface area contributed by atoms with E-state index < -0.39 is 32.7 Å². The number of likely N-dealkylation sites (tertiary alicyclic amines) is 1. The molecule has 0 aromatic heterocycles. The van der Waals surface area contributed by atoms with Gasteiger partial charge in [-0.3, -0.25) is 4.90 Å². The van der Waals surface area contributed by atoms with E-state index in [1.165, 1.54) is 0 Å². The normalized spacial score (nSPS) is 23.6. The minimum absolute atomic E-state index is 0.156. The average Bonchev–Trinajstić information content (AvgIpc) is 2.78. The lowest BCUT2D eigenvalue weighted by Gasteiger charge is -2.24. The predicted molar refractivity (Wildman–Crippen MR) is 90.1 cm³/mol. The molecule has 9 heteroatoms. The summed E-state index contributed by atoms with van der Waals surface area (Å²) in [5.74, 6) is -1.41. The fourth-order valence-corrected chi connectivity index (χ4v) is 4.43. The van der Waals surface area contributed by atoms with Gasteiger partial charge in [0.25, 0.3) is 0 Å². The minimum atomic E-state index is -4.25. The maximum atomic E-state index is 13.8. The molecule has 5 nitrogen and oxygen atoms in total. The van der Waals surface area contributed by atoms with Crippen LogP contribution in [0.15, 0.2) is 21.5 Å². The summed E-state index contributed by atoms with van der Waals surface area (Å²) in [6, 6.07) is 1.69. The van der Waals surface area contributed by atoms with E-state index >= 15 is 0 Å². The van der Waals surface area contributed by atoms with Gasteiger partial charge in [-0.05, 0) is 47.3 Å². The number of aliphatic hydroxyl groups is 1. The first-order valence-electron chi connectivity index (χ1n) is 7.66. The van der Waals surface area contributed by atoms with Gasteiger partial charge in [0.2, 0.25) is 10.0 Å². The Kier molecular flexibility index (Phi) is 6.35. The highest BCUT2D eigenvalue weighted by atomic mass is 79.9. The van der Waals surface area contributed by atoms with E-state index in [1.807, 2.05) is 0 Å². The minimum Gasteiger partial charge on any atom is -0.390 e. The van der Waals surface area contributed by atoms with Crippen LogP contribution in [0.25, 0.3) is 0 Å². The molecular formula is C15H21BrF2N2O3S. The highest BCUT2D eigenvalue weighted by Crippen LogP contribution is 2.24. The molecule has 1 aliphatic rings. The number of hydrogen-bond donors (Lipinski definition) is 2.